The van der Waals surface area contributed by atoms with Crippen molar-refractivity contribution in [3.8, 4) is 0 Å². The Hall–Kier alpha value is 8.36. The monoisotopic (exact) mass is 1850 g/mol. The van der Waals surface area contributed by atoms with Crippen LogP contribution in [0.1, 0.15) is 222 Å². The van der Waals surface area contributed by atoms with Crippen molar-refractivity contribution in [1.29, 1.82) is 0 Å². The molecule has 8 atom stereocenters. The van der Waals surface area contributed by atoms with Crippen LogP contribution in [0, 0.1) is 0 Å². The van der Waals surface area contributed by atoms with E-state index in [0.29, 0.717) is 0 Å². The third-order valence-corrected chi connectivity index (χ3v) is 43.0. The van der Waals surface area contributed by atoms with Crippen LogP contribution in [0.2, 0.25) is 0 Å². The first-order valence-electron chi connectivity index (χ1n) is 28.1. The molecule has 0 aromatic rings. The molecule has 8 radical (unpaired) electrons. The Kier molecular flexibility index (Phi) is 87.1. The van der Waals surface area contributed by atoms with Crippen LogP contribution < -0.4 is 39.1 Å². The van der Waals surface area contributed by atoms with Gasteiger partial charge in [-0.3, -0.25) is 0 Å². The van der Waals surface area contributed by atoms with Gasteiger partial charge in [-0.1, -0.05) is 205 Å². The standard InChI is InChI=1S/8C6H15O2PS2.Mo.O.S/c8*1-5(2)8-9(7,10)11-6(3)4;;;/h8*5-6H,1-4H3,(H,7,10);;;/q;;;;;;;;+4;2*+2/p-8. The van der Waals surface area contributed by atoms with Crippen molar-refractivity contribution < 1.29 is 102 Å². The smallest absolute Gasteiger partial charge is 0.793 e. The Labute approximate surface area is 651 Å². The summed E-state index contributed by atoms with van der Waals surface area (Å²) in [6.07, 6.45) is -0.410. The van der Waals surface area contributed by atoms with Gasteiger partial charge in [-0.2, -0.15) is 0 Å². The Balaban J connectivity index is -0.0000000889. The molecule has 0 N–H and O–H groups in total. The zero-order valence-electron chi connectivity index (χ0n) is 59.1. The Bertz CT molecular complexity index is 1600. The van der Waals surface area contributed by atoms with E-state index in [1.165, 1.54) is 91.1 Å². The second-order valence-corrected chi connectivity index (χ2v) is 73.8. The average molecular weight is 1850 g/mol. The SMILES string of the molecule is CC(C)OP([O-])(=S)SC(C)C.CC(C)OP([O-])(=S)SC(C)C.CC(C)OP([O-])(=S)SC(C)C.CC(C)OP([O-])(=S)SC(C)C.CC(C)OP([O-])(=S)SC(C)C.CC(C)OP([O-])(=S)SC(C)C.CC(C)OP([O-])(=S)SC(C)C.CC(C)OP([O-])(=S)SC(C)C.[Mo+4].[O+2].[S+2]. The van der Waals surface area contributed by atoms with Crippen molar-refractivity contribution in [2.75, 3.05) is 0 Å². The Morgan fingerprint density at radius 1 is 0.198 bits per heavy atom. The summed E-state index contributed by atoms with van der Waals surface area (Å²) >= 11 is 48.2. The van der Waals surface area contributed by atoms with Crippen LogP contribution in [0.4, 0.5) is 0 Å². The molecule has 0 bridgehead atoms. The molecule has 43 heteroatoms. The van der Waals surface area contributed by atoms with E-state index in [2.05, 4.69) is 0 Å². The molecule has 554 valence electrons. The normalized spacial score (nSPS) is 16.8. The maximum absolute atomic E-state index is 11.4. The minimum absolute atomic E-state index is 0. The van der Waals surface area contributed by atoms with E-state index < -0.39 is 45.5 Å². The van der Waals surface area contributed by atoms with Gasteiger partial charge < -0.3 is 75.3 Å². The zero-order chi connectivity index (χ0) is 72.6. The molecule has 8 unspecified atom stereocenters. The summed E-state index contributed by atoms with van der Waals surface area (Å²) in [5, 5.41) is 2.09. The largest absolute Gasteiger partial charge is 4.00 e. The molecule has 17 nitrogen and oxygen atoms in total. The van der Waals surface area contributed by atoms with Crippen molar-refractivity contribution in [3.05, 3.63) is 0 Å². The minimum atomic E-state index is -2.80. The number of hydrogen-bond donors (Lipinski definition) is 0. The second kappa shape index (κ2) is 64.4. The first-order valence-corrected chi connectivity index (χ1v) is 61.1. The number of hydrogen-bond acceptors (Lipinski definition) is 32. The van der Waals surface area contributed by atoms with Crippen molar-refractivity contribution >= 4 is 245 Å². The van der Waals surface area contributed by atoms with E-state index in [1.807, 2.05) is 222 Å². The summed E-state index contributed by atoms with van der Waals surface area (Å²) in [6, 6.07) is 0. The van der Waals surface area contributed by atoms with Crippen LogP contribution in [0.5, 0.6) is 0 Å². The van der Waals surface area contributed by atoms with Gasteiger partial charge in [0.05, 0.1) is 48.8 Å². The second-order valence-electron chi connectivity index (χ2n) is 22.0. The van der Waals surface area contributed by atoms with Gasteiger partial charge in [0.15, 0.2) is 0 Å². The predicted molar refractivity (Wildman–Crippen MR) is 434 cm³/mol. The third kappa shape index (κ3) is 117. The number of rotatable bonds is 32. The maximum Gasteiger partial charge on any atom is 4.00 e. The van der Waals surface area contributed by atoms with Crippen LogP contribution in [-0.4, -0.2) is 90.8 Å². The summed E-state index contributed by atoms with van der Waals surface area (Å²) in [5.41, 5.74) is -22.4. The van der Waals surface area contributed by atoms with Crippen LogP contribution in [-0.2, 0) is 171 Å². The van der Waals surface area contributed by atoms with Gasteiger partial charge in [-0.25, -0.2) is 0 Å². The van der Waals surface area contributed by atoms with E-state index in [1.54, 1.807) is 0 Å². The summed E-state index contributed by atoms with van der Waals surface area (Å²) in [4.78, 5) is 91.1. The van der Waals surface area contributed by atoms with Gasteiger partial charge >= 0.3 is 40.0 Å². The van der Waals surface area contributed by atoms with Gasteiger partial charge in [0, 0.05) is 87.5 Å². The molecule has 0 heterocycles. The third-order valence-electron chi connectivity index (χ3n) is 5.44. The van der Waals surface area contributed by atoms with E-state index in [9.17, 15) is 39.1 Å². The fraction of sp³-hybridized carbons (Fsp3) is 1.00. The molecule has 0 amide bonds. The van der Waals surface area contributed by atoms with E-state index in [4.69, 9.17) is 131 Å². The first kappa shape index (κ1) is 123. The average Bonchev–Trinajstić information content (AvgIpc) is 3.11. The van der Waals surface area contributed by atoms with Crippen LogP contribution >= 0.6 is 137 Å². The fourth-order valence-corrected chi connectivity index (χ4v) is 47.2. The molecule has 0 aliphatic heterocycles. The van der Waals surface area contributed by atoms with E-state index in [-0.39, 0.29) is 131 Å². The summed E-state index contributed by atoms with van der Waals surface area (Å²) in [6.45, 7) is 60.6. The molecule has 0 aliphatic rings. The Morgan fingerprint density at radius 3 is 0.286 bits per heavy atom. The molecule has 0 aromatic heterocycles. The van der Waals surface area contributed by atoms with Gasteiger partial charge in [-0.15, -0.1) is 91.1 Å². The molecular weight excluding hydrogens is 1740 g/mol. The van der Waals surface area contributed by atoms with E-state index in [0.717, 1.165) is 0 Å². The molecule has 0 spiro atoms. The van der Waals surface area contributed by atoms with Crippen LogP contribution in [0.25, 0.3) is 0 Å². The molecule has 0 aromatic carbocycles. The molecule has 0 fully saturated rings. The fourth-order valence-electron chi connectivity index (χ4n) is 4.33. The maximum atomic E-state index is 11.4. The summed E-state index contributed by atoms with van der Waals surface area (Å²) < 4.78 is 40.7. The van der Waals surface area contributed by atoms with Gasteiger partial charge in [0.2, 0.25) is 0 Å². The topological polar surface area (TPSA) is 287 Å². The van der Waals surface area contributed by atoms with Crippen molar-refractivity contribution in [1.82, 2.24) is 0 Å². The summed E-state index contributed by atoms with van der Waals surface area (Å²) in [7, 11) is 0. The van der Waals surface area contributed by atoms with Gasteiger partial charge in [-0.05, 0) is 111 Å². The van der Waals surface area contributed by atoms with Crippen LogP contribution in [0.15, 0.2) is 0 Å². The molecule has 0 aliphatic carbocycles. The summed E-state index contributed by atoms with van der Waals surface area (Å²) in [5.74, 6) is 0. The van der Waals surface area contributed by atoms with Crippen molar-refractivity contribution in [2.24, 2.45) is 0 Å². The van der Waals surface area contributed by atoms with Crippen LogP contribution in [0.3, 0.4) is 0 Å². The Morgan fingerprint density at radius 2 is 0.253 bits per heavy atom. The predicted octanol–water partition coefficient (Wildman–Crippen LogP) is 17.0. The minimum Gasteiger partial charge on any atom is -0.793 e. The van der Waals surface area contributed by atoms with Crippen molar-refractivity contribution in [3.63, 3.8) is 0 Å². The van der Waals surface area contributed by atoms with E-state index >= 15 is 0 Å². The van der Waals surface area contributed by atoms with Gasteiger partial charge in [0.1, 0.15) is 0 Å². The van der Waals surface area contributed by atoms with Crippen molar-refractivity contribution in [2.45, 2.75) is 312 Å². The first-order chi connectivity index (χ1) is 38.7. The quantitative estimate of drug-likeness (QED) is 0.0446. The molecule has 0 saturated heterocycles. The molecule has 0 rings (SSSR count). The van der Waals surface area contributed by atoms with Gasteiger partial charge in [0.25, 0.3) is 0 Å². The molecule has 91 heavy (non-hydrogen) atoms. The molecule has 0 saturated carbocycles. The zero-order valence-corrected chi connectivity index (χ0v) is 82.1. The molecular formula is C48H112MoO17P8S17.